The second-order valence-corrected chi connectivity index (χ2v) is 7.01. The van der Waals surface area contributed by atoms with Crippen molar-refractivity contribution in [3.63, 3.8) is 0 Å². The monoisotopic (exact) mass is 287 g/mol. The zero-order valence-corrected chi connectivity index (χ0v) is 12.6. The number of pyridine rings is 1. The maximum absolute atomic E-state index is 6.22. The van der Waals surface area contributed by atoms with Crippen molar-refractivity contribution in [3.8, 4) is 0 Å². The molecule has 1 N–H and O–H groups in total. The number of aromatic nitrogens is 1. The van der Waals surface area contributed by atoms with E-state index in [1.54, 1.807) is 0 Å². The molecule has 0 unspecified atom stereocenters. The van der Waals surface area contributed by atoms with E-state index in [4.69, 9.17) is 4.74 Å². The second-order valence-electron chi connectivity index (χ2n) is 7.01. The number of anilines is 1. The minimum atomic E-state index is 0.0968. The van der Waals surface area contributed by atoms with E-state index >= 15 is 0 Å². The molecule has 3 aliphatic rings. The van der Waals surface area contributed by atoms with E-state index in [-0.39, 0.29) is 5.60 Å². The first-order valence-corrected chi connectivity index (χ1v) is 8.35. The molecular formula is C17H25N3O. The summed E-state index contributed by atoms with van der Waals surface area (Å²) in [6.07, 6.45) is 8.12. The Labute approximate surface area is 126 Å². The molecule has 0 amide bonds. The highest BCUT2D eigenvalue weighted by atomic mass is 16.5. The Hall–Kier alpha value is -1.13. The summed E-state index contributed by atoms with van der Waals surface area (Å²) in [5.41, 5.74) is 0.0968. The number of likely N-dealkylation sites (tertiary alicyclic amines) is 1. The average Bonchev–Trinajstić information content (AvgIpc) is 3.23. The Morgan fingerprint density at radius 1 is 1.33 bits per heavy atom. The highest BCUT2D eigenvalue weighted by molar-refractivity contribution is 5.34. The maximum Gasteiger partial charge on any atom is 0.126 e. The van der Waals surface area contributed by atoms with Crippen LogP contribution < -0.4 is 5.32 Å². The molecule has 3 fully saturated rings. The van der Waals surface area contributed by atoms with Crippen molar-refractivity contribution in [2.75, 3.05) is 31.6 Å². The van der Waals surface area contributed by atoms with E-state index in [9.17, 15) is 0 Å². The van der Waals surface area contributed by atoms with Gasteiger partial charge in [-0.1, -0.05) is 6.07 Å². The Kier molecular flexibility index (Phi) is 3.59. The van der Waals surface area contributed by atoms with Crippen LogP contribution >= 0.6 is 0 Å². The van der Waals surface area contributed by atoms with E-state index in [0.717, 1.165) is 37.7 Å². The highest BCUT2D eigenvalue weighted by Gasteiger charge is 2.44. The van der Waals surface area contributed by atoms with Crippen molar-refractivity contribution < 1.29 is 4.74 Å². The van der Waals surface area contributed by atoms with Gasteiger partial charge in [0, 0.05) is 38.5 Å². The van der Waals surface area contributed by atoms with Gasteiger partial charge in [0.15, 0.2) is 0 Å². The normalized spacial score (nSPS) is 33.4. The summed E-state index contributed by atoms with van der Waals surface area (Å²) in [5.74, 6) is 1.97. The van der Waals surface area contributed by atoms with Crippen LogP contribution in [0.5, 0.6) is 0 Å². The molecule has 114 valence electrons. The summed E-state index contributed by atoms with van der Waals surface area (Å²) in [6, 6.07) is 6.55. The lowest BCUT2D eigenvalue weighted by atomic mass is 9.89. The SMILES string of the molecule is c1ccc(N[C@H]2CCO[C@@]3(CCN(CC4CC4)C3)C2)nc1. The van der Waals surface area contributed by atoms with Crippen LogP contribution in [0.1, 0.15) is 32.1 Å². The Bertz CT molecular complexity index is 476. The van der Waals surface area contributed by atoms with Crippen LogP contribution in [-0.4, -0.2) is 47.8 Å². The van der Waals surface area contributed by atoms with Crippen molar-refractivity contribution in [2.24, 2.45) is 5.92 Å². The Morgan fingerprint density at radius 2 is 2.29 bits per heavy atom. The van der Waals surface area contributed by atoms with Crippen molar-refractivity contribution in [1.82, 2.24) is 9.88 Å². The van der Waals surface area contributed by atoms with Gasteiger partial charge in [0.2, 0.25) is 0 Å². The molecule has 2 saturated heterocycles. The predicted molar refractivity (Wildman–Crippen MR) is 83.3 cm³/mol. The van der Waals surface area contributed by atoms with Crippen LogP contribution in [0.2, 0.25) is 0 Å². The molecule has 1 spiro atoms. The molecule has 0 aromatic carbocycles. The first-order chi connectivity index (χ1) is 10.3. The van der Waals surface area contributed by atoms with Crippen LogP contribution in [0.3, 0.4) is 0 Å². The molecule has 0 bridgehead atoms. The van der Waals surface area contributed by atoms with E-state index in [1.165, 1.54) is 32.4 Å². The molecule has 0 radical (unpaired) electrons. The smallest absolute Gasteiger partial charge is 0.126 e. The molecule has 1 saturated carbocycles. The lowest BCUT2D eigenvalue weighted by Gasteiger charge is -2.38. The van der Waals surface area contributed by atoms with Gasteiger partial charge >= 0.3 is 0 Å². The molecule has 1 aromatic heterocycles. The number of hydrogen-bond donors (Lipinski definition) is 1. The number of nitrogens with zero attached hydrogens (tertiary/aromatic N) is 2. The van der Waals surface area contributed by atoms with E-state index in [2.05, 4.69) is 21.3 Å². The van der Waals surface area contributed by atoms with Gasteiger partial charge < -0.3 is 15.0 Å². The summed E-state index contributed by atoms with van der Waals surface area (Å²) < 4.78 is 6.22. The largest absolute Gasteiger partial charge is 0.373 e. The van der Waals surface area contributed by atoms with Crippen LogP contribution in [0.25, 0.3) is 0 Å². The first kappa shape index (κ1) is 13.5. The minimum absolute atomic E-state index is 0.0968. The van der Waals surface area contributed by atoms with Crippen LogP contribution in [0.4, 0.5) is 5.82 Å². The molecule has 21 heavy (non-hydrogen) atoms. The summed E-state index contributed by atoms with van der Waals surface area (Å²) in [5, 5.41) is 3.59. The minimum Gasteiger partial charge on any atom is -0.373 e. The van der Waals surface area contributed by atoms with E-state index < -0.39 is 0 Å². The summed E-state index contributed by atoms with van der Waals surface area (Å²) in [4.78, 5) is 7.01. The predicted octanol–water partition coefficient (Wildman–Crippen LogP) is 2.53. The van der Waals surface area contributed by atoms with Gasteiger partial charge in [-0.3, -0.25) is 0 Å². The van der Waals surface area contributed by atoms with Crippen molar-refractivity contribution in [2.45, 2.75) is 43.7 Å². The molecule has 4 rings (SSSR count). The molecule has 2 aliphatic heterocycles. The number of hydrogen-bond acceptors (Lipinski definition) is 4. The maximum atomic E-state index is 6.22. The quantitative estimate of drug-likeness (QED) is 0.923. The number of rotatable bonds is 4. The van der Waals surface area contributed by atoms with Crippen molar-refractivity contribution >= 4 is 5.82 Å². The number of nitrogens with one attached hydrogen (secondary N) is 1. The van der Waals surface area contributed by atoms with Crippen LogP contribution in [0, 0.1) is 5.92 Å². The van der Waals surface area contributed by atoms with Crippen molar-refractivity contribution in [1.29, 1.82) is 0 Å². The Morgan fingerprint density at radius 3 is 3.10 bits per heavy atom. The third-order valence-corrected chi connectivity index (χ3v) is 5.12. The first-order valence-electron chi connectivity index (χ1n) is 8.35. The van der Waals surface area contributed by atoms with Crippen molar-refractivity contribution in [3.05, 3.63) is 24.4 Å². The zero-order chi connectivity index (χ0) is 14.1. The van der Waals surface area contributed by atoms with Gasteiger partial charge in [-0.25, -0.2) is 4.98 Å². The van der Waals surface area contributed by atoms with E-state index in [0.29, 0.717) is 6.04 Å². The molecule has 1 aromatic rings. The van der Waals surface area contributed by atoms with Gasteiger partial charge in [-0.15, -0.1) is 0 Å². The average molecular weight is 287 g/mol. The van der Waals surface area contributed by atoms with Crippen LogP contribution in [-0.2, 0) is 4.74 Å². The summed E-state index contributed by atoms with van der Waals surface area (Å²) in [7, 11) is 0. The van der Waals surface area contributed by atoms with Crippen LogP contribution in [0.15, 0.2) is 24.4 Å². The topological polar surface area (TPSA) is 37.4 Å². The van der Waals surface area contributed by atoms with Gasteiger partial charge in [0.25, 0.3) is 0 Å². The standard InChI is InChI=1S/C17H25N3O/c1-2-8-18-16(3-1)19-15-6-10-21-17(11-15)7-9-20(13-17)12-14-4-5-14/h1-3,8,14-15H,4-7,9-13H2,(H,18,19)/t15-,17-/m0/s1. The molecule has 2 atom stereocenters. The molecule has 3 heterocycles. The highest BCUT2D eigenvalue weighted by Crippen LogP contribution is 2.37. The van der Waals surface area contributed by atoms with Gasteiger partial charge in [0.1, 0.15) is 5.82 Å². The molecule has 1 aliphatic carbocycles. The summed E-state index contributed by atoms with van der Waals surface area (Å²) >= 11 is 0. The Balaban J connectivity index is 1.36. The van der Waals surface area contributed by atoms with Gasteiger partial charge in [-0.05, 0) is 50.2 Å². The lowest BCUT2D eigenvalue weighted by molar-refractivity contribution is -0.0735. The lowest BCUT2D eigenvalue weighted by Crippen LogP contribution is -2.46. The fourth-order valence-corrected chi connectivity index (χ4v) is 3.84. The molecular weight excluding hydrogens is 262 g/mol. The number of ether oxygens (including phenoxy) is 1. The fourth-order valence-electron chi connectivity index (χ4n) is 3.84. The van der Waals surface area contributed by atoms with E-state index in [1.807, 2.05) is 18.3 Å². The van der Waals surface area contributed by atoms with Gasteiger partial charge in [-0.2, -0.15) is 0 Å². The fraction of sp³-hybridized carbons (Fsp3) is 0.706. The zero-order valence-electron chi connectivity index (χ0n) is 12.6. The third-order valence-electron chi connectivity index (χ3n) is 5.12. The molecule has 4 heteroatoms. The van der Waals surface area contributed by atoms with Gasteiger partial charge in [0.05, 0.1) is 5.60 Å². The second kappa shape index (κ2) is 5.58. The third kappa shape index (κ3) is 3.22. The molecule has 4 nitrogen and oxygen atoms in total. The summed E-state index contributed by atoms with van der Waals surface area (Å²) in [6.45, 7) is 4.52.